The van der Waals surface area contributed by atoms with Gasteiger partial charge in [0.05, 0.1) is 18.3 Å². The molecule has 1 N–H and O–H groups in total. The average Bonchev–Trinajstić information content (AvgIpc) is 3.40. The van der Waals surface area contributed by atoms with Gasteiger partial charge >= 0.3 is 0 Å². The number of amides is 1. The number of carbonyl (C=O) groups is 1. The van der Waals surface area contributed by atoms with Crippen LogP contribution in [0.2, 0.25) is 0 Å². The monoisotopic (exact) mass is 374 g/mol. The maximum atomic E-state index is 12.3. The Kier molecular flexibility index (Phi) is 5.83. The van der Waals surface area contributed by atoms with Gasteiger partial charge in [0.1, 0.15) is 0 Å². The van der Waals surface area contributed by atoms with Crippen LogP contribution in [-0.2, 0) is 24.3 Å². The molecule has 2 heterocycles. The highest BCUT2D eigenvalue weighted by atomic mass is 16.1. The number of rotatable bonds is 7. The molecule has 1 saturated heterocycles. The van der Waals surface area contributed by atoms with E-state index < -0.39 is 0 Å². The maximum Gasteiger partial charge on any atom is 0.224 e. The van der Waals surface area contributed by atoms with Crippen molar-refractivity contribution in [1.82, 2.24) is 20.0 Å². The number of aromatic nitrogens is 2. The van der Waals surface area contributed by atoms with Crippen molar-refractivity contribution < 1.29 is 4.79 Å². The fourth-order valence-corrected chi connectivity index (χ4v) is 3.58. The smallest absolute Gasteiger partial charge is 0.224 e. The van der Waals surface area contributed by atoms with Crippen molar-refractivity contribution in [3.63, 3.8) is 0 Å². The molecule has 1 amide bonds. The molecular formula is C23H26N4O. The van der Waals surface area contributed by atoms with Gasteiger partial charge in [-0.25, -0.2) is 4.68 Å². The van der Waals surface area contributed by atoms with Gasteiger partial charge in [-0.2, -0.15) is 5.10 Å². The van der Waals surface area contributed by atoms with E-state index in [1.54, 1.807) is 10.9 Å². The molecule has 144 valence electrons. The van der Waals surface area contributed by atoms with Gasteiger partial charge < -0.3 is 5.32 Å². The molecule has 0 saturated carbocycles. The van der Waals surface area contributed by atoms with Crippen molar-refractivity contribution in [1.29, 1.82) is 0 Å². The lowest BCUT2D eigenvalue weighted by atomic mass is 10.1. The lowest BCUT2D eigenvalue weighted by molar-refractivity contribution is -0.120. The van der Waals surface area contributed by atoms with Crippen LogP contribution < -0.4 is 5.32 Å². The summed E-state index contributed by atoms with van der Waals surface area (Å²) in [6.45, 7) is 3.99. The third-order valence-electron chi connectivity index (χ3n) is 5.14. The van der Waals surface area contributed by atoms with E-state index in [1.807, 2.05) is 36.5 Å². The number of para-hydroxylation sites is 1. The molecule has 5 heteroatoms. The number of nitrogens with one attached hydrogen (secondary N) is 1. The first kappa shape index (κ1) is 18.4. The summed E-state index contributed by atoms with van der Waals surface area (Å²) in [7, 11) is 0. The Bertz CT molecular complexity index is 896. The van der Waals surface area contributed by atoms with Crippen LogP contribution in [0.4, 0.5) is 0 Å². The van der Waals surface area contributed by atoms with Gasteiger partial charge in [0.25, 0.3) is 0 Å². The molecule has 1 fully saturated rings. The van der Waals surface area contributed by atoms with Gasteiger partial charge in [-0.1, -0.05) is 42.5 Å². The first-order valence-corrected chi connectivity index (χ1v) is 9.92. The molecule has 2 aromatic carbocycles. The zero-order valence-electron chi connectivity index (χ0n) is 16.1. The minimum absolute atomic E-state index is 0.00811. The standard InChI is InChI=1S/C23H26N4O/c28-23(14-21-16-25-27(18-21)22-6-2-1-3-7-22)24-15-19-8-10-20(11-9-19)17-26-12-4-5-13-26/h1-3,6-11,16,18H,4-5,12-15,17H2,(H,24,28). The Morgan fingerprint density at radius 3 is 2.39 bits per heavy atom. The minimum Gasteiger partial charge on any atom is -0.352 e. The van der Waals surface area contributed by atoms with E-state index in [-0.39, 0.29) is 5.91 Å². The molecular weight excluding hydrogens is 348 g/mol. The summed E-state index contributed by atoms with van der Waals surface area (Å²) in [6, 6.07) is 18.5. The second-order valence-corrected chi connectivity index (χ2v) is 7.38. The van der Waals surface area contributed by atoms with Crippen molar-refractivity contribution in [2.24, 2.45) is 0 Å². The minimum atomic E-state index is 0.00811. The van der Waals surface area contributed by atoms with Crippen molar-refractivity contribution in [2.75, 3.05) is 13.1 Å². The van der Waals surface area contributed by atoms with Gasteiger partial charge in [-0.3, -0.25) is 9.69 Å². The lowest BCUT2D eigenvalue weighted by Gasteiger charge is -2.14. The van der Waals surface area contributed by atoms with Crippen LogP contribution >= 0.6 is 0 Å². The zero-order chi connectivity index (χ0) is 19.2. The number of hydrogen-bond donors (Lipinski definition) is 1. The molecule has 0 aliphatic carbocycles. The van der Waals surface area contributed by atoms with E-state index in [2.05, 4.69) is 39.6 Å². The normalized spacial score (nSPS) is 14.3. The zero-order valence-corrected chi connectivity index (χ0v) is 16.1. The molecule has 0 bridgehead atoms. The number of nitrogens with zero attached hydrogens (tertiary/aromatic N) is 3. The van der Waals surface area contributed by atoms with Gasteiger partial charge in [0, 0.05) is 19.3 Å². The van der Waals surface area contributed by atoms with Crippen molar-refractivity contribution >= 4 is 5.91 Å². The predicted molar refractivity (Wildman–Crippen MR) is 110 cm³/mol. The molecule has 1 aliphatic heterocycles. The van der Waals surface area contributed by atoms with Gasteiger partial charge in [-0.15, -0.1) is 0 Å². The highest BCUT2D eigenvalue weighted by Crippen LogP contribution is 2.13. The van der Waals surface area contributed by atoms with E-state index in [0.717, 1.165) is 23.4 Å². The van der Waals surface area contributed by atoms with Crippen LogP contribution in [0, 0.1) is 0 Å². The largest absolute Gasteiger partial charge is 0.352 e. The van der Waals surface area contributed by atoms with Gasteiger partial charge in [-0.05, 0) is 54.8 Å². The molecule has 1 aliphatic rings. The SMILES string of the molecule is O=C(Cc1cnn(-c2ccccc2)c1)NCc1ccc(CN2CCCC2)cc1. The van der Waals surface area contributed by atoms with Crippen LogP contribution in [0.15, 0.2) is 67.0 Å². The van der Waals surface area contributed by atoms with E-state index in [9.17, 15) is 4.79 Å². The Labute approximate surface area is 166 Å². The molecule has 0 unspecified atom stereocenters. The van der Waals surface area contributed by atoms with E-state index in [4.69, 9.17) is 0 Å². The second kappa shape index (κ2) is 8.85. The average molecular weight is 374 g/mol. The first-order chi connectivity index (χ1) is 13.8. The Balaban J connectivity index is 1.26. The summed E-state index contributed by atoms with van der Waals surface area (Å²) in [5.74, 6) is 0.00811. The van der Waals surface area contributed by atoms with Crippen LogP contribution in [0.1, 0.15) is 29.5 Å². The lowest BCUT2D eigenvalue weighted by Crippen LogP contribution is -2.24. The molecule has 4 rings (SSSR count). The molecule has 1 aromatic heterocycles. The second-order valence-electron chi connectivity index (χ2n) is 7.38. The number of likely N-dealkylation sites (tertiary alicyclic amines) is 1. The number of hydrogen-bond acceptors (Lipinski definition) is 3. The Morgan fingerprint density at radius 2 is 1.64 bits per heavy atom. The summed E-state index contributed by atoms with van der Waals surface area (Å²) in [6.07, 6.45) is 6.62. The van der Waals surface area contributed by atoms with Crippen LogP contribution in [0.5, 0.6) is 0 Å². The van der Waals surface area contributed by atoms with Gasteiger partial charge in [0.2, 0.25) is 5.91 Å². The number of benzene rings is 2. The highest BCUT2D eigenvalue weighted by molar-refractivity contribution is 5.78. The summed E-state index contributed by atoms with van der Waals surface area (Å²) in [4.78, 5) is 14.8. The summed E-state index contributed by atoms with van der Waals surface area (Å²) in [5, 5.41) is 7.34. The fourth-order valence-electron chi connectivity index (χ4n) is 3.58. The molecule has 0 spiro atoms. The molecule has 28 heavy (non-hydrogen) atoms. The van der Waals surface area contributed by atoms with Crippen molar-refractivity contribution in [3.05, 3.63) is 83.7 Å². The Hall–Kier alpha value is -2.92. The highest BCUT2D eigenvalue weighted by Gasteiger charge is 2.11. The number of carbonyl (C=O) groups excluding carboxylic acids is 1. The van der Waals surface area contributed by atoms with E-state index in [0.29, 0.717) is 13.0 Å². The maximum absolute atomic E-state index is 12.3. The van der Waals surface area contributed by atoms with Crippen molar-refractivity contribution in [3.8, 4) is 5.69 Å². The summed E-state index contributed by atoms with van der Waals surface area (Å²) in [5.41, 5.74) is 4.36. The van der Waals surface area contributed by atoms with E-state index in [1.165, 1.54) is 31.5 Å². The molecule has 0 atom stereocenters. The first-order valence-electron chi connectivity index (χ1n) is 9.92. The Morgan fingerprint density at radius 1 is 0.929 bits per heavy atom. The molecule has 3 aromatic rings. The van der Waals surface area contributed by atoms with Crippen LogP contribution in [0.25, 0.3) is 5.69 Å². The summed E-state index contributed by atoms with van der Waals surface area (Å²) < 4.78 is 1.79. The van der Waals surface area contributed by atoms with Crippen molar-refractivity contribution in [2.45, 2.75) is 32.4 Å². The topological polar surface area (TPSA) is 50.2 Å². The molecule has 0 radical (unpaired) electrons. The fraction of sp³-hybridized carbons (Fsp3) is 0.304. The molecule has 5 nitrogen and oxygen atoms in total. The van der Waals surface area contributed by atoms with E-state index >= 15 is 0 Å². The third kappa shape index (κ3) is 4.87. The van der Waals surface area contributed by atoms with Crippen LogP contribution in [-0.4, -0.2) is 33.7 Å². The third-order valence-corrected chi connectivity index (χ3v) is 5.14. The quantitative estimate of drug-likeness (QED) is 0.690. The predicted octanol–water partition coefficient (Wildman–Crippen LogP) is 3.33. The van der Waals surface area contributed by atoms with Crippen LogP contribution in [0.3, 0.4) is 0 Å². The summed E-state index contributed by atoms with van der Waals surface area (Å²) >= 11 is 0. The van der Waals surface area contributed by atoms with Gasteiger partial charge in [0.15, 0.2) is 0 Å².